The van der Waals surface area contributed by atoms with Gasteiger partial charge in [0.05, 0.1) is 5.54 Å². The number of hydrogen-bond donors (Lipinski definition) is 3. The molecule has 0 radical (unpaired) electrons. The van der Waals surface area contributed by atoms with E-state index in [0.717, 1.165) is 0 Å². The lowest BCUT2D eigenvalue weighted by atomic mass is 10.1. The molecule has 0 aromatic rings. The molecule has 0 heterocycles. The van der Waals surface area contributed by atoms with Gasteiger partial charge in [-0.3, -0.25) is 0 Å². The highest BCUT2D eigenvalue weighted by Crippen LogP contribution is 2.08. The molecule has 0 aliphatic carbocycles. The molecule has 0 unspecified atom stereocenters. The molecule has 0 rings (SSSR count). The largest absolute Gasteiger partial charge is 0.444 e. The van der Waals surface area contributed by atoms with E-state index < -0.39 is 17.2 Å². The van der Waals surface area contributed by atoms with Crippen LogP contribution in [0.5, 0.6) is 0 Å². The number of amides is 3. The minimum Gasteiger partial charge on any atom is -0.444 e. The highest BCUT2D eigenvalue weighted by Gasteiger charge is 2.25. The van der Waals surface area contributed by atoms with Gasteiger partial charge in [0, 0.05) is 12.6 Å². The molecule has 0 aliphatic rings. The highest BCUT2D eigenvalue weighted by molar-refractivity contribution is 5.74. The predicted molar refractivity (Wildman–Crippen MR) is 75.1 cm³/mol. The first-order chi connectivity index (χ1) is 8.41. The summed E-state index contributed by atoms with van der Waals surface area (Å²) in [6, 6.07) is -0.184. The molecular formula is C13H27N3O3. The molecular weight excluding hydrogens is 246 g/mol. The van der Waals surface area contributed by atoms with Gasteiger partial charge >= 0.3 is 12.1 Å². The van der Waals surface area contributed by atoms with E-state index in [1.165, 1.54) is 0 Å². The average Bonchev–Trinajstić information content (AvgIpc) is 2.09. The van der Waals surface area contributed by atoms with Crippen LogP contribution in [0.25, 0.3) is 0 Å². The van der Waals surface area contributed by atoms with Crippen LogP contribution < -0.4 is 16.0 Å². The second kappa shape index (κ2) is 6.63. The zero-order chi connectivity index (χ0) is 15.3. The Morgan fingerprint density at radius 2 is 1.63 bits per heavy atom. The number of urea groups is 1. The van der Waals surface area contributed by atoms with E-state index >= 15 is 0 Å². The number of alkyl carbamates (subject to hydrolysis) is 1. The fourth-order valence-corrected chi connectivity index (χ4v) is 1.24. The smallest absolute Gasteiger partial charge is 0.408 e. The number of nitrogens with one attached hydrogen (secondary N) is 3. The number of hydrogen-bond acceptors (Lipinski definition) is 3. The van der Waals surface area contributed by atoms with Crippen molar-refractivity contribution in [1.82, 2.24) is 16.0 Å². The monoisotopic (exact) mass is 273 g/mol. The molecule has 0 saturated heterocycles. The molecule has 0 spiro atoms. The molecule has 112 valence electrons. The van der Waals surface area contributed by atoms with Gasteiger partial charge in [0.2, 0.25) is 0 Å². The molecule has 0 aromatic carbocycles. The fourth-order valence-electron chi connectivity index (χ4n) is 1.24. The second-order valence-electron chi connectivity index (χ2n) is 6.49. The first-order valence-electron chi connectivity index (χ1n) is 6.47. The predicted octanol–water partition coefficient (Wildman–Crippen LogP) is 2.00. The van der Waals surface area contributed by atoms with Crippen molar-refractivity contribution < 1.29 is 14.3 Å². The van der Waals surface area contributed by atoms with Crippen LogP contribution in [0, 0.1) is 0 Å². The van der Waals surface area contributed by atoms with Crippen molar-refractivity contribution in [1.29, 1.82) is 0 Å². The minimum atomic E-state index is -0.587. The third-order valence-corrected chi connectivity index (χ3v) is 1.95. The zero-order valence-corrected chi connectivity index (χ0v) is 13.0. The summed E-state index contributed by atoms with van der Waals surface area (Å²) in [6.07, 6.45) is -0.497. The van der Waals surface area contributed by atoms with Gasteiger partial charge in [-0.05, 0) is 48.5 Å². The van der Waals surface area contributed by atoms with E-state index in [-0.39, 0.29) is 12.1 Å². The first-order valence-corrected chi connectivity index (χ1v) is 6.47. The number of carbonyl (C=O) groups is 2. The van der Waals surface area contributed by atoms with Gasteiger partial charge in [0.15, 0.2) is 0 Å². The van der Waals surface area contributed by atoms with Crippen molar-refractivity contribution in [2.75, 3.05) is 6.54 Å². The second-order valence-corrected chi connectivity index (χ2v) is 6.49. The fraction of sp³-hybridized carbons (Fsp3) is 0.846. The summed E-state index contributed by atoms with van der Waals surface area (Å²) >= 11 is 0. The first kappa shape index (κ1) is 17.5. The van der Waals surface area contributed by atoms with Gasteiger partial charge < -0.3 is 20.7 Å². The van der Waals surface area contributed by atoms with Crippen LogP contribution in [0.4, 0.5) is 9.59 Å². The van der Waals surface area contributed by atoms with Crippen LogP contribution in [-0.4, -0.2) is 35.9 Å². The van der Waals surface area contributed by atoms with E-state index in [4.69, 9.17) is 4.74 Å². The van der Waals surface area contributed by atoms with Gasteiger partial charge in [0.1, 0.15) is 5.60 Å². The summed E-state index contributed by atoms with van der Waals surface area (Å²) in [7, 11) is 0. The van der Waals surface area contributed by atoms with Gasteiger partial charge in [-0.1, -0.05) is 0 Å². The Kier molecular flexibility index (Phi) is 6.12. The topological polar surface area (TPSA) is 79.5 Å². The molecule has 3 amide bonds. The summed E-state index contributed by atoms with van der Waals surface area (Å²) in [4.78, 5) is 23.1. The van der Waals surface area contributed by atoms with Crippen LogP contribution >= 0.6 is 0 Å². The molecule has 0 aromatic heterocycles. The molecule has 0 bridgehead atoms. The lowest BCUT2D eigenvalue weighted by molar-refractivity contribution is 0.0472. The van der Waals surface area contributed by atoms with Crippen molar-refractivity contribution in [3.05, 3.63) is 0 Å². The Bertz CT molecular complexity index is 320. The maximum atomic E-state index is 11.6. The van der Waals surface area contributed by atoms with Gasteiger partial charge in [-0.2, -0.15) is 0 Å². The number of ether oxygens (including phenoxy) is 1. The standard InChI is InChI=1S/C13H27N3O3/c1-9(2)15-10(17)14-8-13(6,7)16-11(18)19-12(3,4)5/h9H,8H2,1-7H3,(H,16,18)(H2,14,15,17). The SMILES string of the molecule is CC(C)NC(=O)NCC(C)(C)NC(=O)OC(C)(C)C. The molecule has 0 saturated carbocycles. The summed E-state index contributed by atoms with van der Waals surface area (Å²) in [5, 5.41) is 8.13. The van der Waals surface area contributed by atoms with E-state index in [9.17, 15) is 9.59 Å². The normalized spacial score (nSPS) is 12.0. The summed E-state index contributed by atoms with van der Waals surface area (Å²) in [5.41, 5.74) is -1.13. The van der Waals surface area contributed by atoms with Crippen LogP contribution in [0.2, 0.25) is 0 Å². The van der Waals surface area contributed by atoms with Crippen LogP contribution in [-0.2, 0) is 4.74 Å². The third-order valence-electron chi connectivity index (χ3n) is 1.95. The Morgan fingerprint density at radius 3 is 2.05 bits per heavy atom. The van der Waals surface area contributed by atoms with Crippen LogP contribution in [0.15, 0.2) is 0 Å². The number of carbonyl (C=O) groups excluding carboxylic acids is 2. The highest BCUT2D eigenvalue weighted by atomic mass is 16.6. The van der Waals surface area contributed by atoms with Crippen molar-refractivity contribution in [3.8, 4) is 0 Å². The zero-order valence-electron chi connectivity index (χ0n) is 13.0. The lowest BCUT2D eigenvalue weighted by Crippen LogP contribution is -2.54. The lowest BCUT2D eigenvalue weighted by Gasteiger charge is -2.29. The van der Waals surface area contributed by atoms with Crippen molar-refractivity contribution in [2.45, 2.75) is 65.6 Å². The van der Waals surface area contributed by atoms with E-state index in [1.807, 2.05) is 27.7 Å². The summed E-state index contributed by atoms with van der Waals surface area (Å²) in [5.74, 6) is 0. The summed E-state index contributed by atoms with van der Waals surface area (Å²) < 4.78 is 5.17. The van der Waals surface area contributed by atoms with Crippen molar-refractivity contribution >= 4 is 12.1 Å². The van der Waals surface area contributed by atoms with Gasteiger partial charge in [0.25, 0.3) is 0 Å². The van der Waals surface area contributed by atoms with Crippen LogP contribution in [0.3, 0.4) is 0 Å². The maximum Gasteiger partial charge on any atom is 0.408 e. The van der Waals surface area contributed by atoms with E-state index in [2.05, 4.69) is 16.0 Å². The van der Waals surface area contributed by atoms with E-state index in [1.54, 1.807) is 20.8 Å². The molecule has 6 heteroatoms. The number of rotatable bonds is 4. The quantitative estimate of drug-likeness (QED) is 0.733. The molecule has 0 aliphatic heterocycles. The average molecular weight is 273 g/mol. The van der Waals surface area contributed by atoms with Gasteiger partial charge in [-0.15, -0.1) is 0 Å². The van der Waals surface area contributed by atoms with Crippen molar-refractivity contribution in [3.63, 3.8) is 0 Å². The third kappa shape index (κ3) is 10.2. The Hall–Kier alpha value is -1.46. The van der Waals surface area contributed by atoms with Crippen LogP contribution in [0.1, 0.15) is 48.5 Å². The molecule has 0 fully saturated rings. The minimum absolute atomic E-state index is 0.0712. The summed E-state index contributed by atoms with van der Waals surface area (Å²) in [6.45, 7) is 13.1. The van der Waals surface area contributed by atoms with Gasteiger partial charge in [-0.25, -0.2) is 9.59 Å². The molecule has 6 nitrogen and oxygen atoms in total. The maximum absolute atomic E-state index is 11.6. The Labute approximate surface area is 115 Å². The molecule has 0 atom stereocenters. The Morgan fingerprint density at radius 1 is 1.11 bits per heavy atom. The Balaban J connectivity index is 4.18. The molecule has 19 heavy (non-hydrogen) atoms. The molecule has 3 N–H and O–H groups in total. The van der Waals surface area contributed by atoms with E-state index in [0.29, 0.717) is 6.54 Å². The van der Waals surface area contributed by atoms with Crippen molar-refractivity contribution in [2.24, 2.45) is 0 Å².